The van der Waals surface area contributed by atoms with E-state index in [2.05, 4.69) is 25.0 Å². The van der Waals surface area contributed by atoms with Crippen molar-refractivity contribution in [1.29, 1.82) is 0 Å². The predicted octanol–water partition coefficient (Wildman–Crippen LogP) is 4.61. The minimum Gasteiger partial charge on any atom is -0.458 e. The second-order valence-corrected chi connectivity index (χ2v) is 7.13. The second kappa shape index (κ2) is 13.0. The fourth-order valence-electron chi connectivity index (χ4n) is 2.83. The van der Waals surface area contributed by atoms with E-state index in [-0.39, 0.29) is 13.4 Å². The summed E-state index contributed by atoms with van der Waals surface area (Å²) in [5.74, 6) is 4.35. The fraction of sp³-hybridized carbons (Fsp3) is 0.0690. The summed E-state index contributed by atoms with van der Waals surface area (Å²) in [6, 6.07) is 21.1. The third kappa shape index (κ3) is 8.04. The summed E-state index contributed by atoms with van der Waals surface area (Å²) in [7, 11) is 0. The summed E-state index contributed by atoms with van der Waals surface area (Å²) in [4.78, 5) is 34.2. The maximum atomic E-state index is 12.1. The highest BCUT2D eigenvalue weighted by Crippen LogP contribution is 2.24. The second-order valence-electron chi connectivity index (χ2n) is 7.13. The molecule has 0 heterocycles. The van der Waals surface area contributed by atoms with Gasteiger partial charge in [0, 0.05) is 23.6 Å². The molecule has 36 heavy (non-hydrogen) atoms. The Balaban J connectivity index is 1.51. The normalized spacial score (nSPS) is 9.67. The summed E-state index contributed by atoms with van der Waals surface area (Å²) >= 11 is 0. The number of hydrogen-bond acceptors (Lipinski definition) is 7. The van der Waals surface area contributed by atoms with Crippen molar-refractivity contribution in [3.05, 3.63) is 109 Å². The topological polar surface area (TPSA) is 88.1 Å². The molecule has 0 N–H and O–H groups in total. The van der Waals surface area contributed by atoms with Crippen molar-refractivity contribution < 1.29 is 33.3 Å². The van der Waals surface area contributed by atoms with Crippen LogP contribution in [0, 0.1) is 11.8 Å². The van der Waals surface area contributed by atoms with Crippen LogP contribution < -0.4 is 9.47 Å². The van der Waals surface area contributed by atoms with Crippen LogP contribution in [0.3, 0.4) is 0 Å². The Bertz CT molecular complexity index is 1290. The van der Waals surface area contributed by atoms with Crippen LogP contribution >= 0.6 is 0 Å². The molecule has 3 aromatic carbocycles. The Kier molecular flexibility index (Phi) is 9.20. The quantitative estimate of drug-likeness (QED) is 0.145. The van der Waals surface area contributed by atoms with E-state index in [1.54, 1.807) is 48.5 Å². The molecule has 0 radical (unpaired) electrons. The smallest absolute Gasteiger partial charge is 0.390 e. The Labute approximate surface area is 208 Å². The lowest BCUT2D eigenvalue weighted by Gasteiger charge is -2.08. The molecule has 0 atom stereocenters. The minimum atomic E-state index is -0.689. The van der Waals surface area contributed by atoms with Crippen molar-refractivity contribution in [2.24, 2.45) is 0 Å². The predicted molar refractivity (Wildman–Crippen MR) is 133 cm³/mol. The zero-order valence-corrected chi connectivity index (χ0v) is 19.3. The Morgan fingerprint density at radius 3 is 1.86 bits per heavy atom. The Hall–Kier alpha value is -5.09. The van der Waals surface area contributed by atoms with Crippen LogP contribution in [0.15, 0.2) is 98.1 Å². The third-order valence-corrected chi connectivity index (χ3v) is 4.66. The number of carbonyl (C=O) groups is 3. The monoisotopic (exact) mass is 482 g/mol. The van der Waals surface area contributed by atoms with E-state index in [4.69, 9.17) is 18.9 Å². The highest BCUT2D eigenvalue weighted by atomic mass is 16.7. The van der Waals surface area contributed by atoms with Gasteiger partial charge in [-0.2, -0.15) is 0 Å². The van der Waals surface area contributed by atoms with Crippen LogP contribution in [-0.2, 0) is 30.5 Å². The van der Waals surface area contributed by atoms with Crippen LogP contribution in [0.4, 0.5) is 0 Å². The summed E-state index contributed by atoms with van der Waals surface area (Å²) in [5.41, 5.74) is 3.23. The molecular formula is C29H22O7. The standard InChI is InChI=1S/C29H22O7/c1-3-27(30)33-19-22-7-5-21(6-8-22)9-18-29(32)36-26-16-12-24(13-17-26)23-10-14-25(15-11-23)34-20-35-28(31)4-2/h3-8,10-17H,1-2,19-20H2. The van der Waals surface area contributed by atoms with Gasteiger partial charge in [0.05, 0.1) is 0 Å². The summed E-state index contributed by atoms with van der Waals surface area (Å²) < 4.78 is 20.3. The van der Waals surface area contributed by atoms with E-state index in [0.29, 0.717) is 17.1 Å². The molecule has 0 bridgehead atoms. The third-order valence-electron chi connectivity index (χ3n) is 4.66. The van der Waals surface area contributed by atoms with E-state index >= 15 is 0 Å². The van der Waals surface area contributed by atoms with Gasteiger partial charge in [-0.3, -0.25) is 0 Å². The molecule has 0 saturated heterocycles. The Morgan fingerprint density at radius 2 is 1.28 bits per heavy atom. The molecule has 180 valence electrons. The van der Waals surface area contributed by atoms with Crippen LogP contribution in [0.5, 0.6) is 11.5 Å². The molecule has 7 heteroatoms. The van der Waals surface area contributed by atoms with Gasteiger partial charge in [-0.1, -0.05) is 55.5 Å². The van der Waals surface area contributed by atoms with Crippen molar-refractivity contribution in [1.82, 2.24) is 0 Å². The van der Waals surface area contributed by atoms with Gasteiger partial charge in [-0.25, -0.2) is 14.4 Å². The van der Waals surface area contributed by atoms with Gasteiger partial charge >= 0.3 is 17.9 Å². The molecule has 0 aliphatic rings. The van der Waals surface area contributed by atoms with Crippen molar-refractivity contribution in [2.45, 2.75) is 6.61 Å². The minimum absolute atomic E-state index is 0.127. The molecule has 0 aliphatic heterocycles. The van der Waals surface area contributed by atoms with Gasteiger partial charge in [-0.15, -0.1) is 0 Å². The van der Waals surface area contributed by atoms with E-state index in [0.717, 1.165) is 28.8 Å². The van der Waals surface area contributed by atoms with Gasteiger partial charge in [0.1, 0.15) is 18.1 Å². The van der Waals surface area contributed by atoms with Gasteiger partial charge < -0.3 is 18.9 Å². The highest BCUT2D eigenvalue weighted by Gasteiger charge is 2.04. The maximum Gasteiger partial charge on any atom is 0.390 e. The lowest BCUT2D eigenvalue weighted by atomic mass is 10.1. The molecule has 0 fully saturated rings. The maximum absolute atomic E-state index is 12.1. The number of benzene rings is 3. The van der Waals surface area contributed by atoms with E-state index in [9.17, 15) is 14.4 Å². The van der Waals surface area contributed by atoms with E-state index in [1.807, 2.05) is 24.3 Å². The van der Waals surface area contributed by atoms with Crippen LogP contribution in [0.25, 0.3) is 11.1 Å². The van der Waals surface area contributed by atoms with Gasteiger partial charge in [0.2, 0.25) is 6.79 Å². The van der Waals surface area contributed by atoms with Crippen LogP contribution in [-0.4, -0.2) is 24.7 Å². The molecule has 0 spiro atoms. The van der Waals surface area contributed by atoms with Crippen molar-refractivity contribution in [2.75, 3.05) is 6.79 Å². The van der Waals surface area contributed by atoms with Gasteiger partial charge in [0.15, 0.2) is 0 Å². The number of hydrogen-bond donors (Lipinski definition) is 0. The molecular weight excluding hydrogens is 460 g/mol. The molecule has 3 rings (SSSR count). The van der Waals surface area contributed by atoms with Crippen LogP contribution in [0.2, 0.25) is 0 Å². The van der Waals surface area contributed by atoms with E-state index < -0.39 is 17.9 Å². The first kappa shape index (κ1) is 25.5. The summed E-state index contributed by atoms with van der Waals surface area (Å²) in [6.45, 7) is 6.57. The lowest BCUT2D eigenvalue weighted by Crippen LogP contribution is -2.07. The van der Waals surface area contributed by atoms with E-state index in [1.165, 1.54) is 0 Å². The SMILES string of the molecule is C=CC(=O)OCOc1ccc(-c2ccc(OC(=O)C#Cc3ccc(COC(=O)C=C)cc3)cc2)cc1. The zero-order valence-electron chi connectivity index (χ0n) is 19.3. The first-order valence-electron chi connectivity index (χ1n) is 10.7. The molecule has 7 nitrogen and oxygen atoms in total. The number of rotatable bonds is 9. The first-order valence-corrected chi connectivity index (χ1v) is 10.7. The molecule has 0 saturated carbocycles. The number of ether oxygens (including phenoxy) is 4. The summed E-state index contributed by atoms with van der Waals surface area (Å²) in [5, 5.41) is 0. The number of carbonyl (C=O) groups excluding carboxylic acids is 3. The largest absolute Gasteiger partial charge is 0.458 e. The van der Waals surface area contributed by atoms with Crippen molar-refractivity contribution in [3.63, 3.8) is 0 Å². The first-order chi connectivity index (χ1) is 17.5. The molecule has 3 aromatic rings. The van der Waals surface area contributed by atoms with Gasteiger partial charge in [0.25, 0.3) is 0 Å². The zero-order chi connectivity index (χ0) is 25.8. The van der Waals surface area contributed by atoms with Crippen molar-refractivity contribution >= 4 is 17.9 Å². The molecule has 0 aliphatic carbocycles. The molecule has 0 unspecified atom stereocenters. The average molecular weight is 482 g/mol. The molecule has 0 aromatic heterocycles. The average Bonchev–Trinajstić information content (AvgIpc) is 2.92. The summed E-state index contributed by atoms with van der Waals surface area (Å²) in [6.07, 6.45) is 2.16. The Morgan fingerprint density at radius 1 is 0.722 bits per heavy atom. The highest BCUT2D eigenvalue weighted by molar-refractivity contribution is 5.91. The van der Waals surface area contributed by atoms with Crippen molar-refractivity contribution in [3.8, 4) is 34.5 Å². The fourth-order valence-corrected chi connectivity index (χ4v) is 2.83. The van der Waals surface area contributed by atoms with Crippen LogP contribution in [0.1, 0.15) is 11.1 Å². The number of esters is 3. The van der Waals surface area contributed by atoms with Gasteiger partial charge in [-0.05, 0) is 53.1 Å². The lowest BCUT2D eigenvalue weighted by molar-refractivity contribution is -0.144. The molecule has 0 amide bonds.